The highest BCUT2D eigenvalue weighted by Gasteiger charge is 2.15. The molecule has 0 aliphatic rings. The maximum absolute atomic E-state index is 12.8. The molecule has 0 spiro atoms. The maximum Gasteiger partial charge on any atom is 0.362 e. The molecular formula is C10H6FN3O3S. The van der Waals surface area contributed by atoms with Crippen LogP contribution in [0.5, 0.6) is 0 Å². The molecule has 0 atom stereocenters. The molecule has 1 aromatic carbocycles. The summed E-state index contributed by atoms with van der Waals surface area (Å²) in [6, 6.07) is 4.90. The molecule has 0 aliphatic heterocycles. The van der Waals surface area contributed by atoms with E-state index in [2.05, 4.69) is 10.2 Å². The fraction of sp³-hybridized carbons (Fsp3) is 0. The van der Waals surface area contributed by atoms with Gasteiger partial charge in [0.25, 0.3) is 5.56 Å². The average Bonchev–Trinajstić information content (AvgIpc) is 2.31. The van der Waals surface area contributed by atoms with Gasteiger partial charge < -0.3 is 5.11 Å². The molecule has 0 amide bonds. The number of nitrogens with zero attached hydrogens (tertiary/aromatic N) is 2. The van der Waals surface area contributed by atoms with Gasteiger partial charge in [-0.1, -0.05) is 0 Å². The van der Waals surface area contributed by atoms with Crippen LogP contribution in [0.3, 0.4) is 0 Å². The monoisotopic (exact) mass is 267 g/mol. The Bertz CT molecular complexity index is 720. The van der Waals surface area contributed by atoms with Crippen LogP contribution in [-0.4, -0.2) is 25.8 Å². The van der Waals surface area contributed by atoms with Crippen LogP contribution < -0.4 is 5.56 Å². The molecule has 2 rings (SSSR count). The first kappa shape index (κ1) is 12.1. The minimum atomic E-state index is -1.47. The van der Waals surface area contributed by atoms with Crippen LogP contribution in [0.25, 0.3) is 5.69 Å². The molecule has 1 aromatic heterocycles. The van der Waals surface area contributed by atoms with Crippen molar-refractivity contribution >= 4 is 18.2 Å². The number of halogens is 1. The van der Waals surface area contributed by atoms with Gasteiger partial charge in [0, 0.05) is 0 Å². The Kier molecular flexibility index (Phi) is 3.02. The third kappa shape index (κ3) is 2.05. The largest absolute Gasteiger partial charge is 0.476 e. The second-order valence-electron chi connectivity index (χ2n) is 3.30. The molecule has 0 radical (unpaired) electrons. The van der Waals surface area contributed by atoms with Gasteiger partial charge in [-0.2, -0.15) is 5.10 Å². The summed E-state index contributed by atoms with van der Waals surface area (Å²) in [5.41, 5.74) is -1.31. The van der Waals surface area contributed by atoms with E-state index in [1.807, 2.05) is 0 Å². The Labute approximate surface area is 104 Å². The first-order chi connectivity index (χ1) is 8.50. The number of aromatic amines is 1. The lowest BCUT2D eigenvalue weighted by atomic mass is 10.3. The Morgan fingerprint density at radius 1 is 1.39 bits per heavy atom. The molecule has 2 aromatic rings. The predicted molar refractivity (Wildman–Crippen MR) is 61.9 cm³/mol. The standard InChI is InChI=1S/C10H6FN3O3S/c11-5-1-3-6(4-2-5)14-8(15)7(9(16)17)12-13-10(14)18/h1-4H,(H,13,18)(H,16,17). The number of aromatic carboxylic acids is 1. The van der Waals surface area contributed by atoms with Crippen LogP contribution in [0.2, 0.25) is 0 Å². The van der Waals surface area contributed by atoms with Gasteiger partial charge in [-0.3, -0.25) is 14.5 Å². The summed E-state index contributed by atoms with van der Waals surface area (Å²) < 4.78 is 13.6. The summed E-state index contributed by atoms with van der Waals surface area (Å²) >= 11 is 4.86. The van der Waals surface area contributed by atoms with Crippen LogP contribution in [0.1, 0.15) is 10.5 Å². The molecule has 0 fully saturated rings. The molecule has 0 saturated heterocycles. The molecule has 1 heterocycles. The minimum Gasteiger partial charge on any atom is -0.476 e. The molecule has 92 valence electrons. The van der Waals surface area contributed by atoms with Crippen molar-refractivity contribution in [1.82, 2.24) is 14.8 Å². The lowest BCUT2D eigenvalue weighted by Gasteiger charge is -2.05. The highest BCUT2D eigenvalue weighted by atomic mass is 32.1. The maximum atomic E-state index is 12.8. The van der Waals surface area contributed by atoms with Gasteiger partial charge in [-0.25, -0.2) is 9.18 Å². The molecule has 18 heavy (non-hydrogen) atoms. The quantitative estimate of drug-likeness (QED) is 0.796. The van der Waals surface area contributed by atoms with Crippen LogP contribution >= 0.6 is 12.2 Å². The number of benzene rings is 1. The molecule has 0 bridgehead atoms. The van der Waals surface area contributed by atoms with Gasteiger partial charge in [-0.05, 0) is 36.5 Å². The highest BCUT2D eigenvalue weighted by molar-refractivity contribution is 7.71. The van der Waals surface area contributed by atoms with Crippen LogP contribution in [0, 0.1) is 10.6 Å². The summed E-state index contributed by atoms with van der Waals surface area (Å²) in [6.07, 6.45) is 0. The molecule has 0 unspecified atom stereocenters. The Morgan fingerprint density at radius 3 is 2.56 bits per heavy atom. The van der Waals surface area contributed by atoms with Crippen LogP contribution in [0.15, 0.2) is 29.1 Å². The van der Waals surface area contributed by atoms with Crippen molar-refractivity contribution < 1.29 is 14.3 Å². The number of carboxylic acids is 1. The first-order valence-electron chi connectivity index (χ1n) is 4.71. The second-order valence-corrected chi connectivity index (χ2v) is 3.69. The van der Waals surface area contributed by atoms with Crippen molar-refractivity contribution in [3.05, 3.63) is 50.9 Å². The van der Waals surface area contributed by atoms with Gasteiger partial charge in [0.2, 0.25) is 10.5 Å². The number of H-pyrrole nitrogens is 1. The minimum absolute atomic E-state index is 0.0726. The average molecular weight is 267 g/mol. The van der Waals surface area contributed by atoms with Gasteiger partial charge in [0.1, 0.15) is 5.82 Å². The second kappa shape index (κ2) is 4.49. The summed E-state index contributed by atoms with van der Waals surface area (Å²) in [7, 11) is 0. The number of nitrogens with one attached hydrogen (secondary N) is 1. The van der Waals surface area contributed by atoms with Crippen molar-refractivity contribution in [2.24, 2.45) is 0 Å². The van der Waals surface area contributed by atoms with Crippen LogP contribution in [-0.2, 0) is 0 Å². The van der Waals surface area contributed by atoms with Gasteiger partial charge in [0.15, 0.2) is 0 Å². The zero-order valence-corrected chi connectivity index (χ0v) is 9.57. The van der Waals surface area contributed by atoms with Gasteiger partial charge >= 0.3 is 5.97 Å². The molecule has 6 nitrogen and oxygen atoms in total. The fourth-order valence-electron chi connectivity index (χ4n) is 1.36. The normalized spacial score (nSPS) is 10.3. The van der Waals surface area contributed by atoms with Crippen molar-refractivity contribution in [3.63, 3.8) is 0 Å². The molecule has 8 heteroatoms. The van der Waals surface area contributed by atoms with E-state index in [1.54, 1.807) is 0 Å². The lowest BCUT2D eigenvalue weighted by molar-refractivity contribution is 0.0686. The van der Waals surface area contributed by atoms with E-state index in [4.69, 9.17) is 17.3 Å². The summed E-state index contributed by atoms with van der Waals surface area (Å²) in [4.78, 5) is 22.6. The van der Waals surface area contributed by atoms with E-state index >= 15 is 0 Å². The third-order valence-corrected chi connectivity index (χ3v) is 2.43. The number of rotatable bonds is 2. The van der Waals surface area contributed by atoms with E-state index in [0.717, 1.165) is 16.7 Å². The zero-order chi connectivity index (χ0) is 13.3. The van der Waals surface area contributed by atoms with Gasteiger partial charge in [-0.15, -0.1) is 0 Å². The molecule has 0 aliphatic carbocycles. The molecule has 0 saturated carbocycles. The molecule has 2 N–H and O–H groups in total. The number of hydrogen-bond donors (Lipinski definition) is 2. The van der Waals surface area contributed by atoms with Crippen LogP contribution in [0.4, 0.5) is 4.39 Å². The molecular weight excluding hydrogens is 261 g/mol. The SMILES string of the molecule is O=C(O)c1n[nH]c(=S)n(-c2ccc(F)cc2)c1=O. The lowest BCUT2D eigenvalue weighted by Crippen LogP contribution is -2.28. The van der Waals surface area contributed by atoms with Crippen molar-refractivity contribution in [2.45, 2.75) is 0 Å². The highest BCUT2D eigenvalue weighted by Crippen LogP contribution is 2.06. The van der Waals surface area contributed by atoms with Crippen molar-refractivity contribution in [1.29, 1.82) is 0 Å². The summed E-state index contributed by atoms with van der Waals surface area (Å²) in [5.74, 6) is -1.95. The zero-order valence-electron chi connectivity index (χ0n) is 8.75. The van der Waals surface area contributed by atoms with E-state index in [1.165, 1.54) is 12.1 Å². The van der Waals surface area contributed by atoms with Crippen molar-refractivity contribution in [2.75, 3.05) is 0 Å². The Hall–Kier alpha value is -2.35. The number of hydrogen-bond acceptors (Lipinski definition) is 4. The fourth-order valence-corrected chi connectivity index (χ4v) is 1.60. The summed E-state index contributed by atoms with van der Waals surface area (Å²) in [6.45, 7) is 0. The Balaban J connectivity index is 2.75. The predicted octanol–water partition coefficient (Wildman–Crippen LogP) is 1.13. The topological polar surface area (TPSA) is 88.0 Å². The van der Waals surface area contributed by atoms with E-state index in [9.17, 15) is 14.0 Å². The first-order valence-corrected chi connectivity index (χ1v) is 5.12. The third-order valence-electron chi connectivity index (χ3n) is 2.16. The van der Waals surface area contributed by atoms with E-state index < -0.39 is 23.0 Å². The van der Waals surface area contributed by atoms with E-state index in [0.29, 0.717) is 0 Å². The van der Waals surface area contributed by atoms with Crippen molar-refractivity contribution in [3.8, 4) is 5.69 Å². The number of carbonyl (C=O) groups is 1. The van der Waals surface area contributed by atoms with Gasteiger partial charge in [0.05, 0.1) is 5.69 Å². The summed E-state index contributed by atoms with van der Waals surface area (Å²) in [5, 5.41) is 14.4. The Morgan fingerprint density at radius 2 is 2.00 bits per heavy atom. The van der Waals surface area contributed by atoms with E-state index in [-0.39, 0.29) is 10.5 Å². The number of aromatic nitrogens is 3. The smallest absolute Gasteiger partial charge is 0.362 e. The number of carboxylic acid groups (broad SMARTS) is 1.